The first-order valence-corrected chi connectivity index (χ1v) is 8.54. The first kappa shape index (κ1) is 17.0. The molecule has 1 amide bonds. The smallest absolute Gasteiger partial charge is 0.340 e. The summed E-state index contributed by atoms with van der Waals surface area (Å²) in [5.41, 5.74) is 0.424. The standard InChI is InChI=1S/C17H22BrNO3/c1-11-7-3-6-10-15(11)19-16(20)12(2)22-17(21)13-8-4-5-9-14(13)18/h4-5,8-9,11-12,15H,3,6-7,10H2,1-2H3,(H,19,20)/t11-,12+,15-/m0/s1. The fourth-order valence-corrected chi connectivity index (χ4v) is 3.18. The molecule has 0 unspecified atom stereocenters. The second-order valence-electron chi connectivity index (χ2n) is 5.90. The lowest BCUT2D eigenvalue weighted by atomic mass is 9.86. The summed E-state index contributed by atoms with van der Waals surface area (Å²) in [5.74, 6) is -0.241. The Morgan fingerprint density at radius 3 is 2.64 bits per heavy atom. The third-order valence-corrected chi connectivity index (χ3v) is 4.88. The van der Waals surface area contributed by atoms with Crippen LogP contribution >= 0.6 is 15.9 Å². The van der Waals surface area contributed by atoms with Gasteiger partial charge < -0.3 is 10.1 Å². The number of esters is 1. The summed E-state index contributed by atoms with van der Waals surface area (Å²) in [4.78, 5) is 24.3. The first-order valence-electron chi connectivity index (χ1n) is 7.75. The van der Waals surface area contributed by atoms with Gasteiger partial charge in [0.1, 0.15) is 0 Å². The SMILES string of the molecule is C[C@@H](OC(=O)c1ccccc1Br)C(=O)N[C@H]1CCCC[C@@H]1C. The van der Waals surface area contributed by atoms with Gasteiger partial charge in [0, 0.05) is 10.5 Å². The van der Waals surface area contributed by atoms with Crippen LogP contribution in [0.2, 0.25) is 0 Å². The Kier molecular flexibility index (Phi) is 6.00. The molecule has 0 spiro atoms. The number of benzene rings is 1. The van der Waals surface area contributed by atoms with E-state index in [-0.39, 0.29) is 11.9 Å². The molecule has 120 valence electrons. The van der Waals surface area contributed by atoms with E-state index in [0.29, 0.717) is 16.0 Å². The highest BCUT2D eigenvalue weighted by atomic mass is 79.9. The van der Waals surface area contributed by atoms with Crippen LogP contribution in [0.25, 0.3) is 0 Å². The molecule has 1 aliphatic rings. The van der Waals surface area contributed by atoms with Crippen molar-refractivity contribution >= 4 is 27.8 Å². The zero-order chi connectivity index (χ0) is 16.1. The molecule has 0 aromatic heterocycles. The number of ether oxygens (including phenoxy) is 1. The number of nitrogens with one attached hydrogen (secondary N) is 1. The van der Waals surface area contributed by atoms with E-state index in [1.165, 1.54) is 6.42 Å². The van der Waals surface area contributed by atoms with Gasteiger partial charge in [-0.25, -0.2) is 4.79 Å². The van der Waals surface area contributed by atoms with E-state index in [2.05, 4.69) is 28.2 Å². The number of amides is 1. The van der Waals surface area contributed by atoms with Gasteiger partial charge in [-0.3, -0.25) is 4.79 Å². The van der Waals surface area contributed by atoms with Gasteiger partial charge in [-0.15, -0.1) is 0 Å². The summed E-state index contributed by atoms with van der Waals surface area (Å²) in [6.45, 7) is 3.76. The van der Waals surface area contributed by atoms with Crippen molar-refractivity contribution in [3.8, 4) is 0 Å². The van der Waals surface area contributed by atoms with Gasteiger partial charge in [0.2, 0.25) is 0 Å². The predicted molar refractivity (Wildman–Crippen MR) is 88.6 cm³/mol. The molecule has 0 heterocycles. The monoisotopic (exact) mass is 367 g/mol. The van der Waals surface area contributed by atoms with Crippen molar-refractivity contribution < 1.29 is 14.3 Å². The molecule has 4 nitrogen and oxygen atoms in total. The Bertz CT molecular complexity index is 546. The van der Waals surface area contributed by atoms with Gasteiger partial charge in [-0.05, 0) is 53.7 Å². The van der Waals surface area contributed by atoms with E-state index in [4.69, 9.17) is 4.74 Å². The molecular formula is C17H22BrNO3. The Hall–Kier alpha value is -1.36. The number of carbonyl (C=O) groups is 2. The normalized spacial score (nSPS) is 22.7. The van der Waals surface area contributed by atoms with Crippen LogP contribution in [0.1, 0.15) is 49.9 Å². The van der Waals surface area contributed by atoms with Crippen molar-refractivity contribution in [1.29, 1.82) is 0 Å². The lowest BCUT2D eigenvalue weighted by molar-refractivity contribution is -0.130. The lowest BCUT2D eigenvalue weighted by Gasteiger charge is -2.30. The highest BCUT2D eigenvalue weighted by Gasteiger charge is 2.26. The Balaban J connectivity index is 1.91. The average Bonchev–Trinajstić information content (AvgIpc) is 2.49. The molecule has 2 rings (SSSR count). The van der Waals surface area contributed by atoms with Crippen LogP contribution in [0.3, 0.4) is 0 Å². The fraction of sp³-hybridized carbons (Fsp3) is 0.529. The molecule has 1 fully saturated rings. The zero-order valence-electron chi connectivity index (χ0n) is 13.0. The summed E-state index contributed by atoms with van der Waals surface area (Å²) >= 11 is 3.31. The van der Waals surface area contributed by atoms with E-state index >= 15 is 0 Å². The third-order valence-electron chi connectivity index (χ3n) is 4.19. The average molecular weight is 368 g/mol. The molecule has 1 aromatic rings. The maximum absolute atomic E-state index is 12.2. The minimum Gasteiger partial charge on any atom is -0.449 e. The van der Waals surface area contributed by atoms with Gasteiger partial charge in [0.25, 0.3) is 5.91 Å². The second-order valence-corrected chi connectivity index (χ2v) is 6.76. The molecule has 0 bridgehead atoms. The predicted octanol–water partition coefficient (Wildman–Crippen LogP) is 3.69. The minimum atomic E-state index is -0.797. The quantitative estimate of drug-likeness (QED) is 0.825. The zero-order valence-corrected chi connectivity index (χ0v) is 14.6. The summed E-state index contributed by atoms with van der Waals surface area (Å²) in [6, 6.07) is 7.20. The Morgan fingerprint density at radius 1 is 1.27 bits per heavy atom. The number of halogens is 1. The Labute approximate surface area is 139 Å². The summed E-state index contributed by atoms with van der Waals surface area (Å²) < 4.78 is 5.94. The highest BCUT2D eigenvalue weighted by molar-refractivity contribution is 9.10. The van der Waals surface area contributed by atoms with Crippen molar-refractivity contribution in [2.75, 3.05) is 0 Å². The molecule has 0 aliphatic heterocycles. The van der Waals surface area contributed by atoms with Gasteiger partial charge in [-0.1, -0.05) is 31.9 Å². The van der Waals surface area contributed by atoms with Crippen LogP contribution in [0.5, 0.6) is 0 Å². The minimum absolute atomic E-state index is 0.186. The maximum Gasteiger partial charge on any atom is 0.340 e. The molecule has 3 atom stereocenters. The topological polar surface area (TPSA) is 55.4 Å². The largest absolute Gasteiger partial charge is 0.449 e. The third kappa shape index (κ3) is 4.32. The number of carbonyl (C=O) groups excluding carboxylic acids is 2. The molecule has 22 heavy (non-hydrogen) atoms. The molecule has 1 N–H and O–H groups in total. The molecular weight excluding hydrogens is 346 g/mol. The highest BCUT2D eigenvalue weighted by Crippen LogP contribution is 2.24. The number of hydrogen-bond acceptors (Lipinski definition) is 3. The molecule has 1 aliphatic carbocycles. The van der Waals surface area contributed by atoms with Crippen molar-refractivity contribution in [3.05, 3.63) is 34.3 Å². The summed E-state index contributed by atoms with van der Waals surface area (Å²) in [6.07, 6.45) is 3.70. The molecule has 1 saturated carbocycles. The van der Waals surface area contributed by atoms with E-state index in [9.17, 15) is 9.59 Å². The van der Waals surface area contributed by atoms with Crippen molar-refractivity contribution in [3.63, 3.8) is 0 Å². The van der Waals surface area contributed by atoms with Crippen molar-refractivity contribution in [2.24, 2.45) is 5.92 Å². The summed E-state index contributed by atoms with van der Waals surface area (Å²) in [7, 11) is 0. The van der Waals surface area contributed by atoms with Crippen LogP contribution in [-0.2, 0) is 9.53 Å². The van der Waals surface area contributed by atoms with Crippen LogP contribution in [0.15, 0.2) is 28.7 Å². The second kappa shape index (κ2) is 7.77. The van der Waals surface area contributed by atoms with Gasteiger partial charge in [-0.2, -0.15) is 0 Å². The van der Waals surface area contributed by atoms with E-state index in [0.717, 1.165) is 19.3 Å². The van der Waals surface area contributed by atoms with Crippen LogP contribution in [0, 0.1) is 5.92 Å². The van der Waals surface area contributed by atoms with E-state index in [1.807, 2.05) is 6.07 Å². The number of rotatable bonds is 4. The van der Waals surface area contributed by atoms with Crippen LogP contribution in [0.4, 0.5) is 0 Å². The van der Waals surface area contributed by atoms with E-state index in [1.54, 1.807) is 25.1 Å². The fourth-order valence-electron chi connectivity index (χ4n) is 2.74. The molecule has 1 aromatic carbocycles. The summed E-state index contributed by atoms with van der Waals surface area (Å²) in [5, 5.41) is 3.01. The van der Waals surface area contributed by atoms with Crippen molar-refractivity contribution in [2.45, 2.75) is 51.7 Å². The van der Waals surface area contributed by atoms with Gasteiger partial charge in [0.05, 0.1) is 5.56 Å². The number of hydrogen-bond donors (Lipinski definition) is 1. The maximum atomic E-state index is 12.2. The molecule has 0 radical (unpaired) electrons. The van der Waals surface area contributed by atoms with E-state index < -0.39 is 12.1 Å². The van der Waals surface area contributed by atoms with Crippen LogP contribution < -0.4 is 5.32 Å². The molecule has 0 saturated heterocycles. The lowest BCUT2D eigenvalue weighted by Crippen LogP contribution is -2.46. The van der Waals surface area contributed by atoms with Gasteiger partial charge >= 0.3 is 5.97 Å². The molecule has 5 heteroatoms. The van der Waals surface area contributed by atoms with Crippen LogP contribution in [-0.4, -0.2) is 24.0 Å². The van der Waals surface area contributed by atoms with Crippen molar-refractivity contribution in [1.82, 2.24) is 5.32 Å². The van der Waals surface area contributed by atoms with Gasteiger partial charge in [0.15, 0.2) is 6.10 Å². The Morgan fingerprint density at radius 2 is 1.95 bits per heavy atom. The first-order chi connectivity index (χ1) is 10.5.